The van der Waals surface area contributed by atoms with E-state index in [4.69, 9.17) is 28.4 Å². The molecule has 0 aliphatic rings. The number of allylic oxidation sites excluding steroid dienone is 1. The maximum absolute atomic E-state index is 13.3. The molecule has 0 N–H and O–H groups in total. The molecule has 0 bridgehead atoms. The molecule has 71 heavy (non-hydrogen) atoms. The molecule has 11 heteroatoms. The highest BCUT2D eigenvalue weighted by Gasteiger charge is 2.18. The topological polar surface area (TPSA) is 147 Å². The number of fused-ring (bicyclic) bond motifs is 1. The number of hydrogen-bond donors (Lipinski definition) is 0. The van der Waals surface area contributed by atoms with E-state index in [2.05, 4.69) is 19.6 Å². The van der Waals surface area contributed by atoms with Gasteiger partial charge in [0.15, 0.2) is 0 Å². The van der Waals surface area contributed by atoms with E-state index in [9.17, 15) is 24.4 Å². The van der Waals surface area contributed by atoms with Crippen LogP contribution in [-0.4, -0.2) is 37.1 Å². The van der Waals surface area contributed by atoms with Crippen LogP contribution in [-0.2, 0) is 0 Å². The Bertz CT molecular complexity index is 2700. The van der Waals surface area contributed by atoms with E-state index in [0.717, 1.165) is 32.1 Å². The zero-order valence-corrected chi connectivity index (χ0v) is 40.7. The second-order valence-electron chi connectivity index (χ2n) is 17.3. The van der Waals surface area contributed by atoms with Crippen molar-refractivity contribution in [3.63, 3.8) is 0 Å². The molecule has 0 aliphatic heterocycles. The minimum atomic E-state index is -0.737. The molecule has 0 radical (unpaired) electrons. The third-order valence-electron chi connectivity index (χ3n) is 11.8. The summed E-state index contributed by atoms with van der Waals surface area (Å²) in [6, 6.07) is 35.5. The van der Waals surface area contributed by atoms with Crippen LogP contribution >= 0.6 is 0 Å². The average Bonchev–Trinajstić information content (AvgIpc) is 3.39. The lowest BCUT2D eigenvalue weighted by molar-refractivity contribution is 0.0720. The molecule has 0 unspecified atom stereocenters. The molecule has 0 atom stereocenters. The van der Waals surface area contributed by atoms with E-state index in [-0.39, 0.29) is 39.7 Å². The van der Waals surface area contributed by atoms with Crippen LogP contribution in [0.15, 0.2) is 140 Å². The molecule has 0 spiro atoms. The summed E-state index contributed by atoms with van der Waals surface area (Å²) in [5.41, 5.74) is 1.12. The van der Waals surface area contributed by atoms with Crippen molar-refractivity contribution < 1.29 is 47.6 Å². The van der Waals surface area contributed by atoms with E-state index >= 15 is 0 Å². The van der Waals surface area contributed by atoms with E-state index in [0.29, 0.717) is 46.6 Å². The largest absolute Gasteiger partial charge is 0.494 e. The SMILES string of the molecule is C=CCCCCCCCCCOc1ccc(C(=O)Oc2ccc(C(=O)Oc3ccc4ccc(OC(=O)c5ccc(OC(=O)c6ccc(OCCCCCCCCCC)cc6)cc5)c(C#N)c4c3)cc2)cc1. The highest BCUT2D eigenvalue weighted by molar-refractivity contribution is 5.97. The molecule has 0 heterocycles. The molecule has 6 aromatic carbocycles. The Balaban J connectivity index is 0.946. The molecule has 0 saturated carbocycles. The number of hydrogen-bond acceptors (Lipinski definition) is 11. The van der Waals surface area contributed by atoms with Gasteiger partial charge in [-0.25, -0.2) is 19.2 Å². The number of carbonyl (C=O) groups excluding carboxylic acids is 4. The van der Waals surface area contributed by atoms with Crippen LogP contribution in [0.3, 0.4) is 0 Å². The van der Waals surface area contributed by atoms with Gasteiger partial charge in [-0.05, 0) is 146 Å². The number of benzene rings is 6. The van der Waals surface area contributed by atoms with Crippen molar-refractivity contribution in [3.05, 3.63) is 168 Å². The number of ether oxygens (including phenoxy) is 6. The minimum absolute atomic E-state index is 0.00555. The van der Waals surface area contributed by atoms with E-state index in [1.165, 1.54) is 131 Å². The third kappa shape index (κ3) is 17.0. The Labute approximate surface area is 417 Å². The quantitative estimate of drug-likeness (QED) is 0.0191. The molecule has 0 saturated heterocycles. The Kier molecular flexibility index (Phi) is 21.3. The summed E-state index contributed by atoms with van der Waals surface area (Å²) in [6.07, 6.45) is 21.1. The van der Waals surface area contributed by atoms with Crippen molar-refractivity contribution in [1.29, 1.82) is 5.26 Å². The third-order valence-corrected chi connectivity index (χ3v) is 11.8. The maximum atomic E-state index is 13.3. The first-order chi connectivity index (χ1) is 34.7. The number of esters is 4. The number of rotatable bonds is 29. The summed E-state index contributed by atoms with van der Waals surface area (Å²) in [4.78, 5) is 52.2. The van der Waals surface area contributed by atoms with Gasteiger partial charge in [-0.2, -0.15) is 5.26 Å². The van der Waals surface area contributed by atoms with Gasteiger partial charge < -0.3 is 28.4 Å². The molecule has 0 fully saturated rings. The Hall–Kier alpha value is -7.71. The molecule has 6 rings (SSSR count). The Morgan fingerprint density at radius 3 is 1.25 bits per heavy atom. The van der Waals surface area contributed by atoms with Crippen LogP contribution in [0.2, 0.25) is 0 Å². The average molecular weight is 958 g/mol. The van der Waals surface area contributed by atoms with Crippen LogP contribution in [0.4, 0.5) is 0 Å². The summed E-state index contributed by atoms with van der Waals surface area (Å²) in [6.45, 7) is 7.23. The maximum Gasteiger partial charge on any atom is 0.343 e. The van der Waals surface area contributed by atoms with Gasteiger partial charge in [-0.3, -0.25) is 0 Å². The van der Waals surface area contributed by atoms with Gasteiger partial charge in [-0.1, -0.05) is 102 Å². The molecule has 0 amide bonds. The van der Waals surface area contributed by atoms with Crippen LogP contribution < -0.4 is 28.4 Å². The Morgan fingerprint density at radius 2 is 0.817 bits per heavy atom. The first-order valence-corrected chi connectivity index (χ1v) is 24.9. The fourth-order valence-corrected chi connectivity index (χ4v) is 7.78. The van der Waals surface area contributed by atoms with Crippen molar-refractivity contribution in [2.24, 2.45) is 0 Å². The summed E-state index contributed by atoms with van der Waals surface area (Å²) in [5, 5.41) is 11.2. The van der Waals surface area contributed by atoms with Crippen molar-refractivity contribution in [2.75, 3.05) is 13.2 Å². The van der Waals surface area contributed by atoms with Crippen LogP contribution in [0.5, 0.6) is 34.5 Å². The van der Waals surface area contributed by atoms with Crippen LogP contribution in [0, 0.1) is 11.3 Å². The summed E-state index contributed by atoms with van der Waals surface area (Å²) in [5.74, 6) is -0.543. The van der Waals surface area contributed by atoms with Gasteiger partial charge in [0.2, 0.25) is 0 Å². The van der Waals surface area contributed by atoms with E-state index < -0.39 is 23.9 Å². The lowest BCUT2D eigenvalue weighted by Gasteiger charge is -2.11. The molecule has 0 aliphatic carbocycles. The van der Waals surface area contributed by atoms with Gasteiger partial charge in [0.25, 0.3) is 0 Å². The monoisotopic (exact) mass is 957 g/mol. The summed E-state index contributed by atoms with van der Waals surface area (Å²) < 4.78 is 34.1. The van der Waals surface area contributed by atoms with Crippen molar-refractivity contribution in [2.45, 2.75) is 110 Å². The fourth-order valence-electron chi connectivity index (χ4n) is 7.78. The minimum Gasteiger partial charge on any atom is -0.494 e. The molecule has 0 aromatic heterocycles. The van der Waals surface area contributed by atoms with Crippen LogP contribution in [0.1, 0.15) is 157 Å². The first-order valence-electron chi connectivity index (χ1n) is 24.9. The zero-order chi connectivity index (χ0) is 50.0. The predicted octanol–water partition coefficient (Wildman–Crippen LogP) is 14.8. The molecular weight excluding hydrogens is 895 g/mol. The van der Waals surface area contributed by atoms with Crippen molar-refractivity contribution >= 4 is 34.6 Å². The van der Waals surface area contributed by atoms with E-state index in [1.54, 1.807) is 66.7 Å². The molecule has 6 aromatic rings. The van der Waals surface area contributed by atoms with Crippen molar-refractivity contribution in [3.8, 4) is 40.6 Å². The van der Waals surface area contributed by atoms with Gasteiger partial charge in [0.05, 0.1) is 35.5 Å². The highest BCUT2D eigenvalue weighted by atomic mass is 16.5. The molecule has 11 nitrogen and oxygen atoms in total. The summed E-state index contributed by atoms with van der Waals surface area (Å²) in [7, 11) is 0. The summed E-state index contributed by atoms with van der Waals surface area (Å²) >= 11 is 0. The lowest BCUT2D eigenvalue weighted by atomic mass is 10.0. The number of carbonyl (C=O) groups is 4. The van der Waals surface area contributed by atoms with E-state index in [1.807, 2.05) is 6.08 Å². The number of unbranched alkanes of at least 4 members (excludes halogenated alkanes) is 14. The van der Waals surface area contributed by atoms with Gasteiger partial charge in [0, 0.05) is 5.39 Å². The second kappa shape index (κ2) is 28.7. The zero-order valence-electron chi connectivity index (χ0n) is 40.7. The number of nitriles is 1. The fraction of sp³-hybridized carbons (Fsp3) is 0.317. The molecular formula is C60H63NO10. The van der Waals surface area contributed by atoms with Gasteiger partial charge in [0.1, 0.15) is 46.1 Å². The second-order valence-corrected chi connectivity index (χ2v) is 17.3. The Morgan fingerprint density at radius 1 is 0.451 bits per heavy atom. The standard InChI is InChI=1S/C60H63NO10/c1-3-5-7-9-11-13-15-17-19-41-67-50-30-21-45(22-31-50)57(62)68-51-34-25-47(26-35-51)59(64)70-53-38-20-44-29-39-56(55(43-61)54(44)42-53)71-60(65)48-27-36-52(37-28-48)69-58(63)46-23-32-49(33-24-46)66-40-18-16-14-12-10-8-6-4-2/h3,20-39,42H,1,4-19,40-41H2,2H3. The number of nitrogens with zero attached hydrogens (tertiary/aromatic N) is 1. The molecule has 368 valence electrons. The van der Waals surface area contributed by atoms with Gasteiger partial charge >= 0.3 is 23.9 Å². The predicted molar refractivity (Wildman–Crippen MR) is 275 cm³/mol. The van der Waals surface area contributed by atoms with Crippen molar-refractivity contribution in [1.82, 2.24) is 0 Å². The van der Waals surface area contributed by atoms with Crippen LogP contribution in [0.25, 0.3) is 10.8 Å². The normalized spacial score (nSPS) is 10.8. The smallest absolute Gasteiger partial charge is 0.343 e. The lowest BCUT2D eigenvalue weighted by Crippen LogP contribution is -2.11. The highest BCUT2D eigenvalue weighted by Crippen LogP contribution is 2.32. The van der Waals surface area contributed by atoms with Gasteiger partial charge in [-0.15, -0.1) is 6.58 Å². The first kappa shape index (κ1) is 52.7.